The van der Waals surface area contributed by atoms with Gasteiger partial charge in [0.15, 0.2) is 5.82 Å². The number of aliphatic hydroxyl groups excluding tert-OH is 1. The number of hydrogen-bond acceptors (Lipinski definition) is 6. The van der Waals surface area contributed by atoms with Crippen molar-refractivity contribution in [2.45, 2.75) is 51.2 Å². The molecule has 3 heterocycles. The van der Waals surface area contributed by atoms with Crippen LogP contribution in [0, 0.1) is 6.92 Å². The fourth-order valence-corrected chi connectivity index (χ4v) is 4.22. The number of anilines is 1. The van der Waals surface area contributed by atoms with Gasteiger partial charge in [-0.15, -0.1) is 0 Å². The summed E-state index contributed by atoms with van der Waals surface area (Å²) in [4.78, 5) is 10.7. The van der Waals surface area contributed by atoms with Gasteiger partial charge in [0, 0.05) is 30.6 Å². The van der Waals surface area contributed by atoms with Crippen LogP contribution in [-0.2, 0) is 13.5 Å². The zero-order valence-corrected chi connectivity index (χ0v) is 15.4. The topological polar surface area (TPSA) is 75.9 Å². The summed E-state index contributed by atoms with van der Waals surface area (Å²) in [5, 5.41) is 13.3. The average molecular weight is 357 g/mol. The molecule has 1 aliphatic carbocycles. The van der Waals surface area contributed by atoms with Gasteiger partial charge in [0.25, 0.3) is 0 Å². The Morgan fingerprint density at radius 2 is 2.08 bits per heavy atom. The standard InChI is InChI=1S/C18H23N5OS/c1-11-9-14(25-22-11)10-16-20-15-7-8-23(2)17(15)18(21-16)19-12-3-5-13(24)6-4-12/h7-9,12-13,24H,3-6,10H2,1-2H3,(H,19,20,21). The third-order valence-corrected chi connectivity index (χ3v) is 5.69. The van der Waals surface area contributed by atoms with E-state index >= 15 is 0 Å². The predicted molar refractivity (Wildman–Crippen MR) is 100 cm³/mol. The second kappa shape index (κ2) is 6.72. The minimum absolute atomic E-state index is 0.149. The molecular weight excluding hydrogens is 334 g/mol. The molecular formula is C18H23N5OS. The van der Waals surface area contributed by atoms with E-state index in [0.29, 0.717) is 12.5 Å². The Morgan fingerprint density at radius 3 is 2.80 bits per heavy atom. The highest BCUT2D eigenvalue weighted by Crippen LogP contribution is 2.27. The first-order valence-electron chi connectivity index (χ1n) is 8.77. The fraction of sp³-hybridized carbons (Fsp3) is 0.500. The van der Waals surface area contributed by atoms with E-state index in [1.54, 1.807) is 0 Å². The molecule has 2 N–H and O–H groups in total. The maximum Gasteiger partial charge on any atom is 0.154 e. The van der Waals surface area contributed by atoms with Crippen molar-refractivity contribution in [3.63, 3.8) is 0 Å². The first-order valence-corrected chi connectivity index (χ1v) is 9.54. The molecule has 25 heavy (non-hydrogen) atoms. The highest BCUT2D eigenvalue weighted by atomic mass is 32.1. The normalized spacial score (nSPS) is 20.9. The molecule has 0 aromatic carbocycles. The monoisotopic (exact) mass is 357 g/mol. The van der Waals surface area contributed by atoms with Crippen LogP contribution in [0.1, 0.15) is 42.1 Å². The van der Waals surface area contributed by atoms with Gasteiger partial charge in [-0.1, -0.05) is 0 Å². The summed E-state index contributed by atoms with van der Waals surface area (Å²) < 4.78 is 6.41. The number of aryl methyl sites for hydroxylation is 2. The van der Waals surface area contributed by atoms with E-state index in [-0.39, 0.29) is 6.10 Å². The van der Waals surface area contributed by atoms with E-state index in [1.165, 1.54) is 16.4 Å². The molecule has 1 saturated carbocycles. The Hall–Kier alpha value is -1.99. The number of aromatic nitrogens is 4. The molecule has 0 unspecified atom stereocenters. The van der Waals surface area contributed by atoms with Gasteiger partial charge in [-0.05, 0) is 56.3 Å². The Kier molecular flexibility index (Phi) is 4.43. The van der Waals surface area contributed by atoms with Crippen LogP contribution in [0.2, 0.25) is 0 Å². The largest absolute Gasteiger partial charge is 0.393 e. The van der Waals surface area contributed by atoms with E-state index in [4.69, 9.17) is 9.97 Å². The maximum atomic E-state index is 9.72. The van der Waals surface area contributed by atoms with Gasteiger partial charge in [0.2, 0.25) is 0 Å². The Bertz CT molecular complexity index is 879. The summed E-state index contributed by atoms with van der Waals surface area (Å²) in [7, 11) is 2.02. The summed E-state index contributed by atoms with van der Waals surface area (Å²) in [5.74, 6) is 1.72. The van der Waals surface area contributed by atoms with Crippen LogP contribution >= 0.6 is 11.5 Å². The number of fused-ring (bicyclic) bond motifs is 1. The van der Waals surface area contributed by atoms with Crippen molar-refractivity contribution in [2.75, 3.05) is 5.32 Å². The lowest BCUT2D eigenvalue weighted by molar-refractivity contribution is 0.126. The zero-order chi connectivity index (χ0) is 17.4. The van der Waals surface area contributed by atoms with Gasteiger partial charge in [-0.2, -0.15) is 4.37 Å². The second-order valence-corrected chi connectivity index (χ2v) is 7.80. The van der Waals surface area contributed by atoms with E-state index in [0.717, 1.165) is 54.1 Å². The molecule has 0 spiro atoms. The summed E-state index contributed by atoms with van der Waals surface area (Å²) in [6.45, 7) is 2.01. The molecule has 6 nitrogen and oxygen atoms in total. The average Bonchev–Trinajstić information content (AvgIpc) is 3.16. The number of hydrogen-bond donors (Lipinski definition) is 2. The summed E-state index contributed by atoms with van der Waals surface area (Å²) in [6, 6.07) is 4.49. The van der Waals surface area contributed by atoms with E-state index < -0.39 is 0 Å². The molecule has 3 aromatic heterocycles. The van der Waals surface area contributed by atoms with Crippen LogP contribution < -0.4 is 5.32 Å². The van der Waals surface area contributed by atoms with Crippen molar-refractivity contribution in [1.29, 1.82) is 0 Å². The van der Waals surface area contributed by atoms with Gasteiger partial charge in [-0.3, -0.25) is 0 Å². The molecule has 0 aliphatic heterocycles. The Balaban J connectivity index is 1.64. The highest BCUT2D eigenvalue weighted by molar-refractivity contribution is 7.05. The molecule has 132 valence electrons. The minimum atomic E-state index is -0.149. The highest BCUT2D eigenvalue weighted by Gasteiger charge is 2.21. The number of rotatable bonds is 4. The molecule has 1 fully saturated rings. The molecule has 0 amide bonds. The molecule has 0 saturated heterocycles. The number of nitrogens with zero attached hydrogens (tertiary/aromatic N) is 4. The van der Waals surface area contributed by atoms with Gasteiger partial charge >= 0.3 is 0 Å². The lowest BCUT2D eigenvalue weighted by Crippen LogP contribution is -2.29. The quantitative estimate of drug-likeness (QED) is 0.751. The molecule has 0 bridgehead atoms. The lowest BCUT2D eigenvalue weighted by atomic mass is 9.93. The van der Waals surface area contributed by atoms with Crippen LogP contribution in [-0.4, -0.2) is 36.2 Å². The predicted octanol–water partition coefficient (Wildman–Crippen LogP) is 3.04. The van der Waals surface area contributed by atoms with Crippen molar-refractivity contribution in [2.24, 2.45) is 7.05 Å². The molecule has 1 aliphatic rings. The summed E-state index contributed by atoms with van der Waals surface area (Å²) >= 11 is 1.51. The number of aliphatic hydroxyl groups is 1. The molecule has 3 aromatic rings. The first kappa shape index (κ1) is 16.5. The molecule has 0 atom stereocenters. The molecule has 0 radical (unpaired) electrons. The van der Waals surface area contributed by atoms with Crippen LogP contribution in [0.25, 0.3) is 11.0 Å². The second-order valence-electron chi connectivity index (χ2n) is 6.91. The Labute approximate surface area is 151 Å². The third kappa shape index (κ3) is 3.52. The van der Waals surface area contributed by atoms with E-state index in [2.05, 4.69) is 20.3 Å². The van der Waals surface area contributed by atoms with Crippen molar-refractivity contribution in [1.82, 2.24) is 18.9 Å². The Morgan fingerprint density at radius 1 is 1.28 bits per heavy atom. The lowest BCUT2D eigenvalue weighted by Gasteiger charge is -2.27. The van der Waals surface area contributed by atoms with E-state index in [1.807, 2.05) is 26.2 Å². The van der Waals surface area contributed by atoms with Crippen LogP contribution in [0.3, 0.4) is 0 Å². The van der Waals surface area contributed by atoms with Gasteiger partial charge in [0.1, 0.15) is 11.3 Å². The number of nitrogens with one attached hydrogen (secondary N) is 1. The van der Waals surface area contributed by atoms with Gasteiger partial charge < -0.3 is 15.0 Å². The minimum Gasteiger partial charge on any atom is -0.393 e. The maximum absolute atomic E-state index is 9.72. The van der Waals surface area contributed by atoms with Gasteiger partial charge in [0.05, 0.1) is 17.3 Å². The third-order valence-electron chi connectivity index (χ3n) is 4.81. The van der Waals surface area contributed by atoms with Crippen LogP contribution in [0.4, 0.5) is 5.82 Å². The summed E-state index contributed by atoms with van der Waals surface area (Å²) in [6.07, 6.45) is 6.23. The van der Waals surface area contributed by atoms with Crippen molar-refractivity contribution in [3.05, 3.63) is 34.7 Å². The van der Waals surface area contributed by atoms with Crippen molar-refractivity contribution >= 4 is 28.4 Å². The summed E-state index contributed by atoms with van der Waals surface area (Å²) in [5.41, 5.74) is 3.04. The SMILES string of the molecule is Cc1cc(Cc2nc(NC3CCC(O)CC3)c3c(ccn3C)n2)sn1. The first-order chi connectivity index (χ1) is 12.1. The van der Waals surface area contributed by atoms with Crippen LogP contribution in [0.5, 0.6) is 0 Å². The fourth-order valence-electron chi connectivity index (χ4n) is 3.49. The smallest absolute Gasteiger partial charge is 0.154 e. The molecule has 4 rings (SSSR count). The van der Waals surface area contributed by atoms with Crippen molar-refractivity contribution in [3.8, 4) is 0 Å². The van der Waals surface area contributed by atoms with Crippen LogP contribution in [0.15, 0.2) is 18.3 Å². The van der Waals surface area contributed by atoms with Crippen molar-refractivity contribution < 1.29 is 5.11 Å². The van der Waals surface area contributed by atoms with Gasteiger partial charge in [-0.25, -0.2) is 9.97 Å². The molecule has 7 heteroatoms. The zero-order valence-electron chi connectivity index (χ0n) is 14.6. The van der Waals surface area contributed by atoms with E-state index in [9.17, 15) is 5.11 Å².